The Bertz CT molecular complexity index is 1080. The molecule has 0 saturated heterocycles. The highest BCUT2D eigenvalue weighted by molar-refractivity contribution is 7.92. The first-order chi connectivity index (χ1) is 12.3. The number of hydrogen-bond acceptors (Lipinski definition) is 3. The third-order valence-electron chi connectivity index (χ3n) is 4.91. The Morgan fingerprint density at radius 1 is 1.00 bits per heavy atom. The fourth-order valence-corrected chi connectivity index (χ4v) is 4.82. The van der Waals surface area contributed by atoms with E-state index in [-0.39, 0.29) is 5.41 Å². The molecule has 0 amide bonds. The number of aromatic nitrogens is 1. The summed E-state index contributed by atoms with van der Waals surface area (Å²) in [4.78, 5) is 4.95. The molecule has 4 nitrogen and oxygen atoms in total. The molecule has 1 aliphatic rings. The monoisotopic (exact) mass is 366 g/mol. The van der Waals surface area contributed by atoms with Crippen molar-refractivity contribution in [3.05, 3.63) is 65.7 Å². The van der Waals surface area contributed by atoms with Gasteiger partial charge < -0.3 is 0 Å². The number of sulfonamides is 1. The highest BCUT2D eigenvalue weighted by Crippen LogP contribution is 2.34. The third kappa shape index (κ3) is 2.76. The molecule has 0 fully saturated rings. The molecular formula is C21H22N2O2S. The van der Waals surface area contributed by atoms with E-state index < -0.39 is 10.0 Å². The number of benzene rings is 2. The van der Waals surface area contributed by atoms with Crippen molar-refractivity contribution in [1.82, 2.24) is 4.98 Å². The van der Waals surface area contributed by atoms with Crippen molar-refractivity contribution in [3.8, 4) is 0 Å². The van der Waals surface area contributed by atoms with Crippen LogP contribution in [-0.4, -0.2) is 19.9 Å². The van der Waals surface area contributed by atoms with Crippen LogP contribution in [-0.2, 0) is 21.9 Å². The van der Waals surface area contributed by atoms with Gasteiger partial charge in [-0.15, -0.1) is 0 Å². The van der Waals surface area contributed by atoms with E-state index in [1.54, 1.807) is 12.1 Å². The van der Waals surface area contributed by atoms with Crippen molar-refractivity contribution in [2.75, 3.05) is 10.8 Å². The predicted octanol–water partition coefficient (Wildman–Crippen LogP) is 4.28. The molecule has 3 aromatic rings. The van der Waals surface area contributed by atoms with Gasteiger partial charge in [0.05, 0.1) is 10.4 Å². The zero-order valence-corrected chi connectivity index (χ0v) is 16.0. The van der Waals surface area contributed by atoms with Crippen LogP contribution in [0, 0.1) is 0 Å². The van der Waals surface area contributed by atoms with Crippen molar-refractivity contribution in [3.63, 3.8) is 0 Å². The van der Waals surface area contributed by atoms with Crippen LogP contribution in [0.3, 0.4) is 0 Å². The Balaban J connectivity index is 1.76. The molecule has 0 saturated carbocycles. The summed E-state index contributed by atoms with van der Waals surface area (Å²) in [5.74, 6) is 0.559. The fraction of sp³-hybridized carbons (Fsp3) is 0.286. The van der Waals surface area contributed by atoms with Gasteiger partial charge in [-0.1, -0.05) is 51.1 Å². The van der Waals surface area contributed by atoms with Gasteiger partial charge in [0.15, 0.2) is 0 Å². The first-order valence-electron chi connectivity index (χ1n) is 8.79. The molecule has 4 rings (SSSR count). The topological polar surface area (TPSA) is 50.3 Å². The first kappa shape index (κ1) is 17.0. The summed E-state index contributed by atoms with van der Waals surface area (Å²) in [5, 5.41) is 1.04. The lowest BCUT2D eigenvalue weighted by Crippen LogP contribution is -2.29. The van der Waals surface area contributed by atoms with E-state index >= 15 is 0 Å². The molecular weight excluding hydrogens is 344 g/mol. The minimum atomic E-state index is -3.61. The van der Waals surface area contributed by atoms with Gasteiger partial charge in [-0.05, 0) is 47.2 Å². The molecule has 134 valence electrons. The highest BCUT2D eigenvalue weighted by Gasteiger charge is 2.32. The van der Waals surface area contributed by atoms with Gasteiger partial charge >= 0.3 is 0 Å². The van der Waals surface area contributed by atoms with E-state index in [0.29, 0.717) is 23.7 Å². The lowest BCUT2D eigenvalue weighted by molar-refractivity contribution is 0.585. The van der Waals surface area contributed by atoms with Crippen LogP contribution in [0.25, 0.3) is 10.9 Å². The average Bonchev–Trinajstić information content (AvgIpc) is 3.02. The molecule has 0 spiro atoms. The SMILES string of the molecule is CC(C)(C)c1ccc(S(=O)(=O)N2CCc3cc4ccccc4nc32)cc1. The smallest absolute Gasteiger partial charge is 0.249 e. The Labute approximate surface area is 154 Å². The van der Waals surface area contributed by atoms with Gasteiger partial charge in [0, 0.05) is 11.9 Å². The van der Waals surface area contributed by atoms with Crippen molar-refractivity contribution in [1.29, 1.82) is 0 Å². The Morgan fingerprint density at radius 2 is 1.69 bits per heavy atom. The quantitative estimate of drug-likeness (QED) is 0.680. The van der Waals surface area contributed by atoms with Gasteiger partial charge in [-0.3, -0.25) is 0 Å². The molecule has 0 unspecified atom stereocenters. The maximum atomic E-state index is 13.2. The third-order valence-corrected chi connectivity index (χ3v) is 6.71. The predicted molar refractivity (Wildman–Crippen MR) is 105 cm³/mol. The van der Waals surface area contributed by atoms with Crippen LogP contribution < -0.4 is 4.31 Å². The number of pyridine rings is 1. The van der Waals surface area contributed by atoms with E-state index in [1.165, 1.54) is 4.31 Å². The molecule has 0 N–H and O–H groups in total. The number of rotatable bonds is 2. The van der Waals surface area contributed by atoms with Crippen molar-refractivity contribution >= 4 is 26.7 Å². The van der Waals surface area contributed by atoms with Crippen molar-refractivity contribution in [2.45, 2.75) is 37.5 Å². The van der Waals surface area contributed by atoms with Crippen molar-refractivity contribution in [2.24, 2.45) is 0 Å². The molecule has 26 heavy (non-hydrogen) atoms. The van der Waals surface area contributed by atoms with Crippen LogP contribution in [0.2, 0.25) is 0 Å². The zero-order valence-electron chi connectivity index (χ0n) is 15.2. The van der Waals surface area contributed by atoms with Crippen LogP contribution in [0.4, 0.5) is 5.82 Å². The molecule has 0 aliphatic carbocycles. The van der Waals surface area contributed by atoms with Crippen molar-refractivity contribution < 1.29 is 8.42 Å². The summed E-state index contributed by atoms with van der Waals surface area (Å²) in [6, 6.07) is 17.1. The second-order valence-electron chi connectivity index (χ2n) is 7.77. The normalized spacial score (nSPS) is 14.7. The number of hydrogen-bond donors (Lipinski definition) is 0. The lowest BCUT2D eigenvalue weighted by Gasteiger charge is -2.21. The molecule has 5 heteroatoms. The minimum Gasteiger partial charge on any atom is -0.249 e. The van der Waals surface area contributed by atoms with E-state index in [4.69, 9.17) is 0 Å². The van der Waals surface area contributed by atoms with E-state index in [1.807, 2.05) is 36.4 Å². The molecule has 0 radical (unpaired) electrons. The van der Waals surface area contributed by atoms with Gasteiger partial charge in [-0.2, -0.15) is 0 Å². The molecule has 1 aliphatic heterocycles. The molecule has 0 bridgehead atoms. The second kappa shape index (κ2) is 5.81. The maximum absolute atomic E-state index is 13.2. The van der Waals surface area contributed by atoms with E-state index in [2.05, 4.69) is 31.8 Å². The molecule has 0 atom stereocenters. The fourth-order valence-electron chi connectivity index (χ4n) is 3.37. The van der Waals surface area contributed by atoms with Gasteiger partial charge in [0.2, 0.25) is 0 Å². The number of anilines is 1. The van der Waals surface area contributed by atoms with Crippen LogP contribution in [0.5, 0.6) is 0 Å². The minimum absolute atomic E-state index is 0.0109. The first-order valence-corrected chi connectivity index (χ1v) is 10.2. The Morgan fingerprint density at radius 3 is 2.38 bits per heavy atom. The van der Waals surface area contributed by atoms with Crippen LogP contribution in [0.15, 0.2) is 59.5 Å². The molecule has 2 aromatic carbocycles. The molecule has 2 heterocycles. The van der Waals surface area contributed by atoms with Gasteiger partial charge in [0.1, 0.15) is 5.82 Å². The summed E-state index contributed by atoms with van der Waals surface area (Å²) in [6.07, 6.45) is 0.687. The second-order valence-corrected chi connectivity index (χ2v) is 9.63. The summed E-state index contributed by atoms with van der Waals surface area (Å²) in [6.45, 7) is 6.77. The number of fused-ring (bicyclic) bond motifs is 2. The highest BCUT2D eigenvalue weighted by atomic mass is 32.2. The molecule has 1 aromatic heterocycles. The zero-order chi connectivity index (χ0) is 18.5. The van der Waals surface area contributed by atoms with E-state index in [0.717, 1.165) is 22.0 Å². The summed E-state index contributed by atoms with van der Waals surface area (Å²) in [5.41, 5.74) is 2.90. The average molecular weight is 366 g/mol. The van der Waals surface area contributed by atoms with Gasteiger partial charge in [0.25, 0.3) is 10.0 Å². The lowest BCUT2D eigenvalue weighted by atomic mass is 9.87. The van der Waals surface area contributed by atoms with Gasteiger partial charge in [-0.25, -0.2) is 17.7 Å². The Hall–Kier alpha value is -2.40. The number of nitrogens with zero attached hydrogens (tertiary/aromatic N) is 2. The maximum Gasteiger partial charge on any atom is 0.265 e. The largest absolute Gasteiger partial charge is 0.265 e. The summed E-state index contributed by atoms with van der Waals surface area (Å²) >= 11 is 0. The summed E-state index contributed by atoms with van der Waals surface area (Å²) in [7, 11) is -3.61. The Kier molecular flexibility index (Phi) is 3.81. The van der Waals surface area contributed by atoms with Crippen LogP contribution in [0.1, 0.15) is 31.9 Å². The van der Waals surface area contributed by atoms with Crippen LogP contribution >= 0.6 is 0 Å². The number of para-hydroxylation sites is 1. The standard InChI is InChI=1S/C21H22N2O2S/c1-21(2,3)17-8-10-18(11-9-17)26(24,25)23-13-12-16-14-15-6-4-5-7-19(15)22-20(16)23/h4-11,14H,12-13H2,1-3H3. The van der Waals surface area contributed by atoms with E-state index in [9.17, 15) is 8.42 Å². The summed E-state index contributed by atoms with van der Waals surface area (Å²) < 4.78 is 27.8.